The van der Waals surface area contributed by atoms with E-state index >= 15 is 0 Å². The van der Waals surface area contributed by atoms with E-state index in [9.17, 15) is 14.9 Å². The fourth-order valence-corrected chi connectivity index (χ4v) is 3.15. The molecule has 1 amide bonds. The van der Waals surface area contributed by atoms with E-state index in [1.165, 1.54) is 30.0 Å². The van der Waals surface area contributed by atoms with Gasteiger partial charge in [-0.05, 0) is 34.5 Å². The Hall–Kier alpha value is -3.40. The predicted molar refractivity (Wildman–Crippen MR) is 114 cm³/mol. The number of hydrogen-bond donors (Lipinski definition) is 1. The quantitative estimate of drug-likeness (QED) is 0.365. The molecule has 0 saturated carbocycles. The van der Waals surface area contributed by atoms with Gasteiger partial charge >= 0.3 is 0 Å². The van der Waals surface area contributed by atoms with Gasteiger partial charge in [0.15, 0.2) is 11.5 Å². The van der Waals surface area contributed by atoms with E-state index in [1.54, 1.807) is 36.7 Å². The maximum Gasteiger partial charge on any atom is 0.275 e. The molecule has 0 saturated heterocycles. The third-order valence-corrected chi connectivity index (χ3v) is 4.65. The van der Waals surface area contributed by atoms with Gasteiger partial charge in [0.1, 0.15) is 11.8 Å². The number of anilines is 1. The Balaban J connectivity index is 1.88. The number of rotatable bonds is 8. The minimum absolute atomic E-state index is 0.193. The number of non-ortho nitro benzene ring substituents is 1. The van der Waals surface area contributed by atoms with Gasteiger partial charge in [-0.15, -0.1) is 0 Å². The van der Waals surface area contributed by atoms with Crippen LogP contribution in [0.3, 0.4) is 0 Å². The van der Waals surface area contributed by atoms with Crippen molar-refractivity contribution in [1.29, 1.82) is 0 Å². The molecule has 0 aliphatic heterocycles. The van der Waals surface area contributed by atoms with Crippen molar-refractivity contribution in [3.05, 3.63) is 69.4 Å². The van der Waals surface area contributed by atoms with Crippen LogP contribution in [-0.4, -0.2) is 27.7 Å². The number of nitrogens with one attached hydrogen (secondary N) is 1. The molecule has 1 atom stereocenters. The Bertz CT molecular complexity index is 1070. The number of ether oxygens (including phenoxy) is 2. The topological polar surface area (TPSA) is 109 Å². The van der Waals surface area contributed by atoms with E-state index < -0.39 is 11.0 Å². The molecular formula is C20H19BrN4O5. The van der Waals surface area contributed by atoms with Crippen molar-refractivity contribution in [1.82, 2.24) is 9.78 Å². The van der Waals surface area contributed by atoms with Crippen molar-refractivity contribution in [3.63, 3.8) is 0 Å². The Labute approximate surface area is 180 Å². The predicted octanol–water partition coefficient (Wildman–Crippen LogP) is 4.94. The Morgan fingerprint density at radius 3 is 2.63 bits per heavy atom. The summed E-state index contributed by atoms with van der Waals surface area (Å²) in [4.78, 5) is 23.6. The maximum absolute atomic E-state index is 12.8. The molecule has 1 N–H and O–H groups in total. The molecule has 3 rings (SSSR count). The lowest BCUT2D eigenvalue weighted by Gasteiger charge is -2.16. The number of aromatic nitrogens is 2. The summed E-state index contributed by atoms with van der Waals surface area (Å²) in [5, 5.41) is 18.2. The molecule has 0 aliphatic carbocycles. The maximum atomic E-state index is 12.8. The summed E-state index contributed by atoms with van der Waals surface area (Å²) in [5.41, 5.74) is 0.0244. The number of amides is 1. The van der Waals surface area contributed by atoms with Crippen LogP contribution in [0.25, 0.3) is 0 Å². The number of nitro groups is 1. The smallest absolute Gasteiger partial charge is 0.275 e. The molecule has 0 aliphatic rings. The number of hydrogen-bond acceptors (Lipinski definition) is 6. The fourth-order valence-electron chi connectivity index (χ4n) is 2.85. The molecule has 0 spiro atoms. The van der Waals surface area contributed by atoms with E-state index in [2.05, 4.69) is 26.3 Å². The minimum atomic E-state index is -0.575. The van der Waals surface area contributed by atoms with Crippen LogP contribution in [0.1, 0.15) is 19.4 Å². The first-order valence-corrected chi connectivity index (χ1v) is 9.81. The zero-order valence-corrected chi connectivity index (χ0v) is 17.8. The van der Waals surface area contributed by atoms with Crippen LogP contribution in [0, 0.1) is 10.1 Å². The van der Waals surface area contributed by atoms with E-state index in [0.29, 0.717) is 17.9 Å². The third-order valence-electron chi connectivity index (χ3n) is 4.25. The average Bonchev–Trinajstić information content (AvgIpc) is 3.14. The van der Waals surface area contributed by atoms with Gasteiger partial charge in [0.05, 0.1) is 34.5 Å². The van der Waals surface area contributed by atoms with Gasteiger partial charge < -0.3 is 14.8 Å². The first kappa shape index (κ1) is 21.3. The van der Waals surface area contributed by atoms with E-state index in [1.807, 2.05) is 6.92 Å². The van der Waals surface area contributed by atoms with Crippen molar-refractivity contribution in [3.8, 4) is 17.2 Å². The van der Waals surface area contributed by atoms with Crippen LogP contribution in [0.2, 0.25) is 0 Å². The highest BCUT2D eigenvalue weighted by Crippen LogP contribution is 2.34. The third kappa shape index (κ3) is 4.95. The monoisotopic (exact) mass is 474 g/mol. The number of halogens is 1. The second kappa shape index (κ2) is 9.40. The van der Waals surface area contributed by atoms with Crippen LogP contribution in [-0.2, 0) is 4.79 Å². The number of nitrogens with zero attached hydrogens (tertiary/aromatic N) is 3. The minimum Gasteiger partial charge on any atom is -0.493 e. The molecule has 2 aromatic carbocycles. The highest BCUT2D eigenvalue weighted by molar-refractivity contribution is 9.10. The molecule has 0 fully saturated rings. The SMILES string of the molecule is CCC(C(=O)Nc1cc(Oc2ccccc2OC)cc([N+](=O)[O-])c1)n1cc(Br)cn1. The van der Waals surface area contributed by atoms with Gasteiger partial charge in [-0.3, -0.25) is 19.6 Å². The van der Waals surface area contributed by atoms with Crippen molar-refractivity contribution in [2.75, 3.05) is 12.4 Å². The Morgan fingerprint density at radius 1 is 1.30 bits per heavy atom. The normalized spacial score (nSPS) is 11.6. The van der Waals surface area contributed by atoms with Gasteiger partial charge in [0.2, 0.25) is 5.91 Å². The summed E-state index contributed by atoms with van der Waals surface area (Å²) in [6.07, 6.45) is 3.76. The molecule has 1 unspecified atom stereocenters. The van der Waals surface area contributed by atoms with Gasteiger partial charge in [0, 0.05) is 18.3 Å². The van der Waals surface area contributed by atoms with E-state index in [4.69, 9.17) is 9.47 Å². The zero-order chi connectivity index (χ0) is 21.7. The zero-order valence-electron chi connectivity index (χ0n) is 16.2. The summed E-state index contributed by atoms with van der Waals surface area (Å²) in [6, 6.07) is 10.4. The highest BCUT2D eigenvalue weighted by Gasteiger charge is 2.21. The summed E-state index contributed by atoms with van der Waals surface area (Å²) in [7, 11) is 1.50. The Morgan fingerprint density at radius 2 is 2.03 bits per heavy atom. The largest absolute Gasteiger partial charge is 0.493 e. The Kier molecular flexibility index (Phi) is 6.68. The standard InChI is InChI=1S/C20H19BrN4O5/c1-3-17(24-12-13(21)11-22-24)20(26)23-14-8-15(25(27)28)10-16(9-14)30-19-7-5-4-6-18(19)29-2/h4-12,17H,3H2,1-2H3,(H,23,26). The number of methoxy groups -OCH3 is 1. The first-order chi connectivity index (χ1) is 14.4. The average molecular weight is 475 g/mol. The highest BCUT2D eigenvalue weighted by atomic mass is 79.9. The summed E-state index contributed by atoms with van der Waals surface area (Å²) >= 11 is 3.31. The van der Waals surface area contributed by atoms with Crippen molar-refractivity contribution in [2.24, 2.45) is 0 Å². The summed E-state index contributed by atoms with van der Waals surface area (Å²) < 4.78 is 13.3. The van der Waals surface area contributed by atoms with Crippen LogP contribution in [0.15, 0.2) is 59.3 Å². The molecule has 30 heavy (non-hydrogen) atoms. The van der Waals surface area contributed by atoms with Crippen molar-refractivity contribution in [2.45, 2.75) is 19.4 Å². The number of carbonyl (C=O) groups is 1. The molecule has 10 heteroatoms. The van der Waals surface area contributed by atoms with E-state index in [-0.39, 0.29) is 23.0 Å². The van der Waals surface area contributed by atoms with E-state index in [0.717, 1.165) is 4.47 Å². The van der Waals surface area contributed by atoms with Gasteiger partial charge in [-0.25, -0.2) is 0 Å². The first-order valence-electron chi connectivity index (χ1n) is 9.02. The fraction of sp³-hybridized carbons (Fsp3) is 0.200. The van der Waals surface area contributed by atoms with Gasteiger partial charge in [-0.1, -0.05) is 19.1 Å². The number of benzene rings is 2. The molecular weight excluding hydrogens is 456 g/mol. The molecule has 0 bridgehead atoms. The van der Waals surface area contributed by atoms with Crippen molar-refractivity contribution >= 4 is 33.2 Å². The molecule has 1 heterocycles. The van der Waals surface area contributed by atoms with Crippen LogP contribution >= 0.6 is 15.9 Å². The molecule has 1 aromatic heterocycles. The summed E-state index contributed by atoms with van der Waals surface area (Å²) in [5.74, 6) is 0.714. The summed E-state index contributed by atoms with van der Waals surface area (Å²) in [6.45, 7) is 1.85. The number of para-hydroxylation sites is 2. The van der Waals surface area contributed by atoms with Crippen LogP contribution in [0.4, 0.5) is 11.4 Å². The number of nitro benzene ring substituents is 1. The van der Waals surface area contributed by atoms with Crippen molar-refractivity contribution < 1.29 is 19.2 Å². The lowest BCUT2D eigenvalue weighted by molar-refractivity contribution is -0.384. The lowest BCUT2D eigenvalue weighted by Crippen LogP contribution is -2.26. The van der Waals surface area contributed by atoms with Crippen LogP contribution in [0.5, 0.6) is 17.2 Å². The number of carbonyl (C=O) groups excluding carboxylic acids is 1. The van der Waals surface area contributed by atoms with Gasteiger partial charge in [-0.2, -0.15) is 5.10 Å². The van der Waals surface area contributed by atoms with Crippen LogP contribution < -0.4 is 14.8 Å². The molecule has 9 nitrogen and oxygen atoms in total. The molecule has 156 valence electrons. The second-order valence-electron chi connectivity index (χ2n) is 6.28. The second-order valence-corrected chi connectivity index (χ2v) is 7.19. The lowest BCUT2D eigenvalue weighted by atomic mass is 10.2. The molecule has 0 radical (unpaired) electrons. The molecule has 3 aromatic rings. The van der Waals surface area contributed by atoms with Gasteiger partial charge in [0.25, 0.3) is 5.69 Å².